The van der Waals surface area contributed by atoms with E-state index in [1.807, 2.05) is 18.2 Å². The van der Waals surface area contributed by atoms with Gasteiger partial charge >= 0.3 is 0 Å². The zero-order valence-electron chi connectivity index (χ0n) is 22.9. The van der Waals surface area contributed by atoms with Gasteiger partial charge in [-0.05, 0) is 24.1 Å². The molecule has 10 nitrogen and oxygen atoms in total. The molecule has 0 radical (unpaired) electrons. The molecule has 1 aliphatic heterocycles. The predicted molar refractivity (Wildman–Crippen MR) is 147 cm³/mol. The van der Waals surface area contributed by atoms with Gasteiger partial charge in [-0.15, -0.1) is 0 Å². The van der Waals surface area contributed by atoms with E-state index in [-0.39, 0.29) is 30.5 Å². The van der Waals surface area contributed by atoms with Crippen LogP contribution in [0.3, 0.4) is 0 Å². The monoisotopic (exact) mass is 548 g/mol. The lowest BCUT2D eigenvalue weighted by molar-refractivity contribution is -0.132. The molecule has 3 heterocycles. The van der Waals surface area contributed by atoms with Crippen LogP contribution < -0.4 is 19.6 Å². The summed E-state index contributed by atoms with van der Waals surface area (Å²) in [5, 5.41) is 12.0. The number of amides is 1. The van der Waals surface area contributed by atoms with E-state index in [0.717, 1.165) is 11.2 Å². The Morgan fingerprint density at radius 3 is 2.58 bits per heavy atom. The standard InChI is InChI=1S/C30H32N2O8/c1-36-16-17-13-24(33)27(35)28(40-17)21(20-9-10-25(37-2)30(39-4)29(20)38-3)14-26(34)32-12-11-19-18-7-5-6-8-22(18)31-23(19)15-32/h5-10,13,21,31,35H,11-12,14-16H2,1-4H3. The molecule has 2 N–H and O–H groups in total. The summed E-state index contributed by atoms with van der Waals surface area (Å²) in [5.74, 6) is -0.424. The first-order chi connectivity index (χ1) is 19.4. The Labute approximate surface area is 231 Å². The molecule has 1 aliphatic rings. The molecule has 1 unspecified atom stereocenters. The normalized spacial score (nSPS) is 13.7. The number of nitrogens with one attached hydrogen (secondary N) is 1. The van der Waals surface area contributed by atoms with Crippen LogP contribution in [0.25, 0.3) is 10.9 Å². The zero-order valence-corrected chi connectivity index (χ0v) is 22.9. The molecular formula is C30H32N2O8. The molecule has 5 rings (SSSR count). The zero-order chi connectivity index (χ0) is 28.4. The van der Waals surface area contributed by atoms with Gasteiger partial charge in [0.05, 0.1) is 33.8 Å². The fourth-order valence-corrected chi connectivity index (χ4v) is 5.46. The summed E-state index contributed by atoms with van der Waals surface area (Å²) in [6.45, 7) is 0.961. The van der Waals surface area contributed by atoms with Crippen molar-refractivity contribution in [1.82, 2.24) is 9.88 Å². The summed E-state index contributed by atoms with van der Waals surface area (Å²) in [5.41, 5.74) is 3.11. The van der Waals surface area contributed by atoms with Crippen molar-refractivity contribution in [2.75, 3.05) is 35.0 Å². The molecule has 10 heteroatoms. The number of aromatic amines is 1. The van der Waals surface area contributed by atoms with Crippen LogP contribution in [-0.4, -0.2) is 55.9 Å². The van der Waals surface area contributed by atoms with E-state index in [2.05, 4.69) is 11.1 Å². The number of nitrogens with zero attached hydrogens (tertiary/aromatic N) is 1. The Hall–Kier alpha value is -4.44. The Kier molecular flexibility index (Phi) is 7.70. The van der Waals surface area contributed by atoms with Gasteiger partial charge in [0.15, 0.2) is 17.3 Å². The predicted octanol–water partition coefficient (Wildman–Crippen LogP) is 4.11. The van der Waals surface area contributed by atoms with Gasteiger partial charge in [-0.2, -0.15) is 0 Å². The number of H-pyrrole nitrogens is 1. The molecule has 1 atom stereocenters. The van der Waals surface area contributed by atoms with Crippen molar-refractivity contribution in [3.05, 3.63) is 81.0 Å². The van der Waals surface area contributed by atoms with Crippen molar-refractivity contribution in [3.8, 4) is 23.0 Å². The molecule has 0 fully saturated rings. The van der Waals surface area contributed by atoms with Crippen LogP contribution in [0, 0.1) is 0 Å². The first kappa shape index (κ1) is 27.1. The first-order valence-corrected chi connectivity index (χ1v) is 12.9. The number of ether oxygens (including phenoxy) is 4. The van der Waals surface area contributed by atoms with Gasteiger partial charge in [0.2, 0.25) is 22.8 Å². The number of fused-ring (bicyclic) bond motifs is 3. The molecule has 2 aromatic carbocycles. The fourth-order valence-electron chi connectivity index (χ4n) is 5.46. The SMILES string of the molecule is COCc1cc(=O)c(O)c(C(CC(=O)N2CCc3c([nH]c4ccccc34)C2)c2ccc(OC)c(OC)c2OC)o1. The smallest absolute Gasteiger partial charge is 0.227 e. The Balaban J connectivity index is 1.56. The number of carbonyl (C=O) groups is 1. The van der Waals surface area contributed by atoms with E-state index in [0.29, 0.717) is 42.3 Å². The van der Waals surface area contributed by atoms with Crippen LogP contribution in [0.4, 0.5) is 0 Å². The quantitative estimate of drug-likeness (QED) is 0.320. The molecule has 40 heavy (non-hydrogen) atoms. The topological polar surface area (TPSA) is 123 Å². The van der Waals surface area contributed by atoms with E-state index in [4.69, 9.17) is 23.4 Å². The van der Waals surface area contributed by atoms with Crippen molar-refractivity contribution in [2.45, 2.75) is 31.9 Å². The van der Waals surface area contributed by atoms with Gasteiger partial charge in [-0.25, -0.2) is 0 Å². The maximum atomic E-state index is 13.9. The van der Waals surface area contributed by atoms with Crippen molar-refractivity contribution in [3.63, 3.8) is 0 Å². The van der Waals surface area contributed by atoms with E-state index in [1.54, 1.807) is 17.0 Å². The van der Waals surface area contributed by atoms with Crippen LogP contribution in [0.1, 0.15) is 40.7 Å². The van der Waals surface area contributed by atoms with Gasteiger partial charge in [0.1, 0.15) is 12.4 Å². The number of carbonyl (C=O) groups excluding carboxylic acids is 1. The minimum atomic E-state index is -0.879. The minimum Gasteiger partial charge on any atom is -0.502 e. The van der Waals surface area contributed by atoms with Crippen molar-refractivity contribution >= 4 is 16.8 Å². The molecule has 4 aromatic rings. The van der Waals surface area contributed by atoms with Gasteiger partial charge in [-0.3, -0.25) is 9.59 Å². The van der Waals surface area contributed by atoms with Gasteiger partial charge in [0, 0.05) is 48.3 Å². The lowest BCUT2D eigenvalue weighted by Gasteiger charge is -2.29. The van der Waals surface area contributed by atoms with Gasteiger partial charge in [0.25, 0.3) is 0 Å². The molecule has 0 spiro atoms. The number of aromatic nitrogens is 1. The first-order valence-electron chi connectivity index (χ1n) is 12.9. The highest BCUT2D eigenvalue weighted by Crippen LogP contribution is 2.46. The summed E-state index contributed by atoms with van der Waals surface area (Å²) in [4.78, 5) is 31.8. The molecule has 0 bridgehead atoms. The minimum absolute atomic E-state index is 0.0154. The van der Waals surface area contributed by atoms with Crippen molar-refractivity contribution < 1.29 is 33.3 Å². The fraction of sp³-hybridized carbons (Fsp3) is 0.333. The second-order valence-corrected chi connectivity index (χ2v) is 9.60. The van der Waals surface area contributed by atoms with E-state index in [9.17, 15) is 14.7 Å². The molecule has 0 aliphatic carbocycles. The third-order valence-corrected chi connectivity index (χ3v) is 7.33. The van der Waals surface area contributed by atoms with Crippen molar-refractivity contribution in [1.29, 1.82) is 0 Å². The van der Waals surface area contributed by atoms with Crippen LogP contribution in [0.15, 0.2) is 51.7 Å². The highest BCUT2D eigenvalue weighted by Gasteiger charge is 2.33. The van der Waals surface area contributed by atoms with E-state index >= 15 is 0 Å². The Morgan fingerprint density at radius 2 is 1.85 bits per heavy atom. The maximum Gasteiger partial charge on any atom is 0.227 e. The lowest BCUT2D eigenvalue weighted by atomic mass is 9.90. The number of benzene rings is 2. The van der Waals surface area contributed by atoms with Crippen LogP contribution in [0.2, 0.25) is 0 Å². The van der Waals surface area contributed by atoms with E-state index in [1.165, 1.54) is 45.5 Å². The number of hydrogen-bond donors (Lipinski definition) is 2. The van der Waals surface area contributed by atoms with Crippen LogP contribution in [0.5, 0.6) is 23.0 Å². The number of hydrogen-bond acceptors (Lipinski definition) is 8. The lowest BCUT2D eigenvalue weighted by Crippen LogP contribution is -2.36. The third kappa shape index (κ3) is 4.86. The molecule has 1 amide bonds. The number of methoxy groups -OCH3 is 4. The highest BCUT2D eigenvalue weighted by molar-refractivity contribution is 5.86. The van der Waals surface area contributed by atoms with Crippen LogP contribution >= 0.6 is 0 Å². The molecule has 2 aromatic heterocycles. The van der Waals surface area contributed by atoms with Crippen molar-refractivity contribution in [2.24, 2.45) is 0 Å². The Bertz CT molecular complexity index is 1610. The molecule has 0 saturated heterocycles. The maximum absolute atomic E-state index is 13.9. The summed E-state index contributed by atoms with van der Waals surface area (Å²) in [7, 11) is 5.93. The van der Waals surface area contributed by atoms with Crippen LogP contribution in [-0.2, 0) is 29.1 Å². The number of rotatable bonds is 9. The second kappa shape index (κ2) is 11.4. The van der Waals surface area contributed by atoms with Gasteiger partial charge < -0.3 is 38.4 Å². The second-order valence-electron chi connectivity index (χ2n) is 9.60. The number of aromatic hydroxyl groups is 1. The third-order valence-electron chi connectivity index (χ3n) is 7.33. The number of para-hydroxylation sites is 1. The summed E-state index contributed by atoms with van der Waals surface area (Å²) < 4.78 is 27.8. The largest absolute Gasteiger partial charge is 0.502 e. The molecular weight excluding hydrogens is 516 g/mol. The average molecular weight is 549 g/mol. The summed E-state index contributed by atoms with van der Waals surface area (Å²) >= 11 is 0. The van der Waals surface area contributed by atoms with E-state index < -0.39 is 17.1 Å². The summed E-state index contributed by atoms with van der Waals surface area (Å²) in [6, 6.07) is 12.7. The molecule has 0 saturated carbocycles. The van der Waals surface area contributed by atoms with Gasteiger partial charge in [-0.1, -0.05) is 24.3 Å². The Morgan fingerprint density at radius 1 is 1.07 bits per heavy atom. The molecule has 210 valence electrons. The highest BCUT2D eigenvalue weighted by atomic mass is 16.5. The average Bonchev–Trinajstić information content (AvgIpc) is 3.35. The summed E-state index contributed by atoms with van der Waals surface area (Å²) in [6.07, 6.45) is 0.605.